The number of hydrogen-bond donors (Lipinski definition) is 2. The standard InChI is InChI=1S/C4H8F3NO3S/c1-3(9)2-8-12(10,11)4(5,6)7/h3,8-9H,2H2,1H3. The van der Waals surface area contributed by atoms with E-state index in [9.17, 15) is 21.6 Å². The molecule has 12 heavy (non-hydrogen) atoms. The molecule has 0 radical (unpaired) electrons. The average Bonchev–Trinajstić information content (AvgIpc) is 1.81. The minimum absolute atomic E-state index is 0.651. The number of halogens is 3. The molecule has 4 nitrogen and oxygen atoms in total. The molecule has 74 valence electrons. The van der Waals surface area contributed by atoms with Gasteiger partial charge in [0.05, 0.1) is 6.10 Å². The SMILES string of the molecule is CC(O)CNS(=O)(=O)C(F)(F)F. The number of hydrogen-bond acceptors (Lipinski definition) is 3. The first-order chi connectivity index (χ1) is 5.17. The lowest BCUT2D eigenvalue weighted by Crippen LogP contribution is -2.39. The van der Waals surface area contributed by atoms with Crippen LogP contribution < -0.4 is 4.72 Å². The van der Waals surface area contributed by atoms with Crippen LogP contribution >= 0.6 is 0 Å². The molecule has 8 heteroatoms. The maximum Gasteiger partial charge on any atom is 0.511 e. The van der Waals surface area contributed by atoms with Crippen LogP contribution in [0.2, 0.25) is 0 Å². The normalized spacial score (nSPS) is 16.1. The van der Waals surface area contributed by atoms with E-state index >= 15 is 0 Å². The van der Waals surface area contributed by atoms with E-state index in [-0.39, 0.29) is 0 Å². The smallest absolute Gasteiger partial charge is 0.392 e. The highest BCUT2D eigenvalue weighted by Crippen LogP contribution is 2.21. The molecule has 0 aliphatic carbocycles. The summed E-state index contributed by atoms with van der Waals surface area (Å²) in [6.45, 7) is 0.515. The minimum Gasteiger partial charge on any atom is -0.392 e. The topological polar surface area (TPSA) is 66.4 Å². The molecule has 0 aliphatic heterocycles. The van der Waals surface area contributed by atoms with Crippen molar-refractivity contribution in [3.63, 3.8) is 0 Å². The Balaban J connectivity index is 4.27. The number of alkyl halides is 3. The lowest BCUT2D eigenvalue weighted by atomic mass is 10.4. The Bertz CT molecular complexity index is 232. The highest BCUT2D eigenvalue weighted by atomic mass is 32.2. The Labute approximate surface area is 67.4 Å². The van der Waals surface area contributed by atoms with Gasteiger partial charge >= 0.3 is 15.5 Å². The molecule has 0 aromatic carbocycles. The molecular weight excluding hydrogens is 199 g/mol. The molecular formula is C4H8F3NO3S. The summed E-state index contributed by atoms with van der Waals surface area (Å²) in [5, 5.41) is 8.49. The molecule has 0 fully saturated rings. The molecule has 1 atom stereocenters. The molecule has 0 rings (SSSR count). The summed E-state index contributed by atoms with van der Waals surface area (Å²) in [7, 11) is -5.30. The highest BCUT2D eigenvalue weighted by molar-refractivity contribution is 7.90. The Hall–Kier alpha value is -0.340. The summed E-state index contributed by atoms with van der Waals surface area (Å²) in [6, 6.07) is 0. The van der Waals surface area contributed by atoms with Gasteiger partial charge in [0.15, 0.2) is 0 Å². The molecule has 0 aromatic rings. The van der Waals surface area contributed by atoms with Crippen molar-refractivity contribution in [1.82, 2.24) is 4.72 Å². The van der Waals surface area contributed by atoms with Gasteiger partial charge in [0, 0.05) is 6.54 Å². The lowest BCUT2D eigenvalue weighted by Gasteiger charge is -2.09. The molecule has 1 unspecified atom stereocenters. The average molecular weight is 207 g/mol. The van der Waals surface area contributed by atoms with Gasteiger partial charge < -0.3 is 5.11 Å². The summed E-state index contributed by atoms with van der Waals surface area (Å²) >= 11 is 0. The van der Waals surface area contributed by atoms with Gasteiger partial charge in [-0.1, -0.05) is 0 Å². The predicted molar refractivity (Wildman–Crippen MR) is 34.7 cm³/mol. The third kappa shape index (κ3) is 3.37. The van der Waals surface area contributed by atoms with Gasteiger partial charge in [-0.2, -0.15) is 13.2 Å². The lowest BCUT2D eigenvalue weighted by molar-refractivity contribution is -0.0449. The first kappa shape index (κ1) is 11.7. The van der Waals surface area contributed by atoms with Crippen LogP contribution in [0.4, 0.5) is 13.2 Å². The Morgan fingerprint density at radius 2 is 1.92 bits per heavy atom. The van der Waals surface area contributed by atoms with E-state index in [1.165, 1.54) is 11.6 Å². The van der Waals surface area contributed by atoms with Crippen LogP contribution in [-0.2, 0) is 10.0 Å². The zero-order chi connectivity index (χ0) is 9.99. The number of rotatable bonds is 3. The largest absolute Gasteiger partial charge is 0.511 e. The van der Waals surface area contributed by atoms with E-state index in [1.807, 2.05) is 0 Å². The zero-order valence-corrected chi connectivity index (χ0v) is 6.91. The number of sulfonamides is 1. The summed E-state index contributed by atoms with van der Waals surface area (Å²) in [5.74, 6) is 0. The first-order valence-electron chi connectivity index (χ1n) is 2.91. The fourth-order valence-electron chi connectivity index (χ4n) is 0.312. The Kier molecular flexibility index (Phi) is 3.48. The molecule has 0 saturated carbocycles. The van der Waals surface area contributed by atoms with Gasteiger partial charge in [-0.05, 0) is 6.92 Å². The summed E-state index contributed by atoms with van der Waals surface area (Å²) in [5.41, 5.74) is -5.32. The Morgan fingerprint density at radius 3 is 2.17 bits per heavy atom. The molecule has 0 spiro atoms. The summed E-state index contributed by atoms with van der Waals surface area (Å²) < 4.78 is 56.3. The van der Waals surface area contributed by atoms with Gasteiger partial charge in [-0.25, -0.2) is 13.1 Å². The molecule has 0 amide bonds. The maximum atomic E-state index is 11.6. The third-order valence-corrected chi connectivity index (χ3v) is 2.03. The van der Waals surface area contributed by atoms with E-state index < -0.39 is 28.2 Å². The van der Waals surface area contributed by atoms with Crippen molar-refractivity contribution >= 4 is 10.0 Å². The molecule has 2 N–H and O–H groups in total. The maximum absolute atomic E-state index is 11.6. The van der Waals surface area contributed by atoms with Crippen LogP contribution in [0.1, 0.15) is 6.92 Å². The van der Waals surface area contributed by atoms with Crippen molar-refractivity contribution in [3.8, 4) is 0 Å². The van der Waals surface area contributed by atoms with Crippen molar-refractivity contribution in [3.05, 3.63) is 0 Å². The van der Waals surface area contributed by atoms with E-state index in [2.05, 4.69) is 0 Å². The van der Waals surface area contributed by atoms with Crippen molar-refractivity contribution in [2.75, 3.05) is 6.54 Å². The molecule has 0 aromatic heterocycles. The second kappa shape index (κ2) is 3.58. The van der Waals surface area contributed by atoms with Crippen LogP contribution in [0.5, 0.6) is 0 Å². The number of nitrogens with one attached hydrogen (secondary N) is 1. The van der Waals surface area contributed by atoms with Gasteiger partial charge in [0.25, 0.3) is 0 Å². The number of aliphatic hydroxyl groups is 1. The molecule has 0 heterocycles. The van der Waals surface area contributed by atoms with Gasteiger partial charge in [-0.15, -0.1) is 0 Å². The van der Waals surface area contributed by atoms with E-state index in [0.29, 0.717) is 0 Å². The first-order valence-corrected chi connectivity index (χ1v) is 4.39. The van der Waals surface area contributed by atoms with Crippen LogP contribution in [0, 0.1) is 0 Å². The minimum atomic E-state index is -5.32. The van der Waals surface area contributed by atoms with E-state index in [1.54, 1.807) is 0 Å². The predicted octanol–water partition coefficient (Wildman–Crippen LogP) is -0.194. The fraction of sp³-hybridized carbons (Fsp3) is 1.00. The van der Waals surface area contributed by atoms with Crippen molar-refractivity contribution in [1.29, 1.82) is 0 Å². The monoisotopic (exact) mass is 207 g/mol. The second-order valence-corrected chi connectivity index (χ2v) is 3.91. The molecule has 0 aliphatic rings. The van der Waals surface area contributed by atoms with Crippen LogP contribution in [0.15, 0.2) is 0 Å². The Morgan fingerprint density at radius 1 is 1.50 bits per heavy atom. The second-order valence-electron chi connectivity index (χ2n) is 2.15. The van der Waals surface area contributed by atoms with E-state index in [0.717, 1.165) is 0 Å². The van der Waals surface area contributed by atoms with Crippen molar-refractivity contribution in [2.45, 2.75) is 18.5 Å². The van der Waals surface area contributed by atoms with Crippen LogP contribution in [0.25, 0.3) is 0 Å². The van der Waals surface area contributed by atoms with Crippen molar-refractivity contribution in [2.24, 2.45) is 0 Å². The van der Waals surface area contributed by atoms with Crippen LogP contribution in [0.3, 0.4) is 0 Å². The van der Waals surface area contributed by atoms with Crippen molar-refractivity contribution < 1.29 is 26.7 Å². The van der Waals surface area contributed by atoms with E-state index in [4.69, 9.17) is 5.11 Å². The summed E-state index contributed by atoms with van der Waals surface area (Å²) in [4.78, 5) is 0. The van der Waals surface area contributed by atoms with Gasteiger partial charge in [0.1, 0.15) is 0 Å². The van der Waals surface area contributed by atoms with Gasteiger partial charge in [-0.3, -0.25) is 0 Å². The highest BCUT2D eigenvalue weighted by Gasteiger charge is 2.45. The zero-order valence-electron chi connectivity index (χ0n) is 6.09. The summed E-state index contributed by atoms with van der Waals surface area (Å²) in [6.07, 6.45) is -1.15. The molecule has 0 bridgehead atoms. The number of aliphatic hydroxyl groups excluding tert-OH is 1. The molecule has 0 saturated heterocycles. The fourth-order valence-corrected chi connectivity index (χ4v) is 0.936. The van der Waals surface area contributed by atoms with Gasteiger partial charge in [0.2, 0.25) is 0 Å². The van der Waals surface area contributed by atoms with Crippen LogP contribution in [-0.4, -0.2) is 31.7 Å². The quantitative estimate of drug-likeness (QED) is 0.673. The third-order valence-electron chi connectivity index (χ3n) is 0.873.